The first-order valence-corrected chi connectivity index (χ1v) is 8.19. The maximum absolute atomic E-state index is 12.2. The Balaban J connectivity index is 0.00000242. The fraction of sp³-hybridized carbons (Fsp3) is 0.750. The first kappa shape index (κ1) is 19.0. The van der Waals surface area contributed by atoms with Gasteiger partial charge in [-0.2, -0.15) is 0 Å². The van der Waals surface area contributed by atoms with Crippen molar-refractivity contribution in [2.24, 2.45) is 0 Å². The smallest absolute Gasteiger partial charge is 0.256 e. The van der Waals surface area contributed by atoms with Gasteiger partial charge in [0.2, 0.25) is 0 Å². The molecule has 0 unspecified atom stereocenters. The number of halogens is 1. The molecular weight excluding hydrogens is 302 g/mol. The van der Waals surface area contributed by atoms with Crippen LogP contribution in [0.15, 0.2) is 4.52 Å². The predicted octanol–water partition coefficient (Wildman–Crippen LogP) is 3.01. The number of hydrogen-bond acceptors (Lipinski definition) is 4. The topological polar surface area (TPSA) is 67.2 Å². The van der Waals surface area contributed by atoms with Gasteiger partial charge in [0, 0.05) is 25.6 Å². The lowest BCUT2D eigenvalue weighted by Crippen LogP contribution is -2.37. The summed E-state index contributed by atoms with van der Waals surface area (Å²) in [6, 6.07) is 0.618. The Morgan fingerprint density at radius 1 is 1.23 bits per heavy atom. The molecular formula is C16H28ClN3O2. The van der Waals surface area contributed by atoms with Crippen molar-refractivity contribution in [3.05, 3.63) is 17.0 Å². The molecule has 0 atom stereocenters. The SMILES string of the molecule is CCc1onc(C)c1C(=O)NCCNC1CCCCCC1.Cl. The standard InChI is InChI=1S/C16H27N3O2.ClH/c1-3-14-15(12(2)19-21-14)16(20)18-11-10-17-13-8-6-4-5-7-9-13;/h13,17H,3-11H2,1-2H3,(H,18,20);1H. The number of aryl methyl sites for hydroxylation is 2. The Hall–Kier alpha value is -1.07. The molecule has 1 fully saturated rings. The highest BCUT2D eigenvalue weighted by Crippen LogP contribution is 2.17. The molecule has 1 aromatic rings. The van der Waals surface area contributed by atoms with Crippen LogP contribution in [0.3, 0.4) is 0 Å². The van der Waals surface area contributed by atoms with Crippen molar-refractivity contribution in [3.63, 3.8) is 0 Å². The van der Waals surface area contributed by atoms with Gasteiger partial charge < -0.3 is 15.2 Å². The van der Waals surface area contributed by atoms with Crippen LogP contribution >= 0.6 is 12.4 Å². The van der Waals surface area contributed by atoms with E-state index in [4.69, 9.17) is 4.52 Å². The van der Waals surface area contributed by atoms with Crippen molar-refractivity contribution in [1.82, 2.24) is 15.8 Å². The fourth-order valence-corrected chi connectivity index (χ4v) is 2.97. The van der Waals surface area contributed by atoms with Gasteiger partial charge in [0.25, 0.3) is 5.91 Å². The number of hydrogen-bond donors (Lipinski definition) is 2. The van der Waals surface area contributed by atoms with Crippen LogP contribution in [-0.2, 0) is 6.42 Å². The summed E-state index contributed by atoms with van der Waals surface area (Å²) in [6.45, 7) is 5.23. The molecule has 2 N–H and O–H groups in total. The van der Waals surface area contributed by atoms with Gasteiger partial charge >= 0.3 is 0 Å². The van der Waals surface area contributed by atoms with E-state index >= 15 is 0 Å². The zero-order valence-electron chi connectivity index (χ0n) is 13.6. The molecule has 0 spiro atoms. The van der Waals surface area contributed by atoms with E-state index < -0.39 is 0 Å². The molecule has 0 radical (unpaired) electrons. The quantitative estimate of drug-likeness (QED) is 0.622. The van der Waals surface area contributed by atoms with Crippen molar-refractivity contribution >= 4 is 18.3 Å². The predicted molar refractivity (Wildman–Crippen MR) is 89.7 cm³/mol. The second-order valence-electron chi connectivity index (χ2n) is 5.82. The summed E-state index contributed by atoms with van der Waals surface area (Å²) in [5.74, 6) is 0.593. The minimum absolute atomic E-state index is 0. The van der Waals surface area contributed by atoms with E-state index in [1.54, 1.807) is 6.92 Å². The molecule has 0 saturated heterocycles. The molecule has 1 saturated carbocycles. The highest BCUT2D eigenvalue weighted by molar-refractivity contribution is 5.96. The van der Waals surface area contributed by atoms with Crippen LogP contribution in [0.25, 0.3) is 0 Å². The van der Waals surface area contributed by atoms with E-state index in [0.29, 0.717) is 36.0 Å². The first-order valence-electron chi connectivity index (χ1n) is 8.19. The summed E-state index contributed by atoms with van der Waals surface area (Å²) < 4.78 is 5.15. The number of aromatic nitrogens is 1. The summed E-state index contributed by atoms with van der Waals surface area (Å²) in [6.07, 6.45) is 8.58. The summed E-state index contributed by atoms with van der Waals surface area (Å²) in [5, 5.41) is 10.4. The van der Waals surface area contributed by atoms with Crippen molar-refractivity contribution in [1.29, 1.82) is 0 Å². The first-order chi connectivity index (χ1) is 10.2. The number of nitrogens with zero attached hydrogens (tertiary/aromatic N) is 1. The third-order valence-electron chi connectivity index (χ3n) is 4.18. The lowest BCUT2D eigenvalue weighted by Gasteiger charge is -2.16. The lowest BCUT2D eigenvalue weighted by atomic mass is 10.1. The van der Waals surface area contributed by atoms with E-state index in [9.17, 15) is 4.79 Å². The summed E-state index contributed by atoms with van der Waals surface area (Å²) in [4.78, 5) is 12.2. The third kappa shape index (κ3) is 5.29. The fourth-order valence-electron chi connectivity index (χ4n) is 2.97. The summed E-state index contributed by atoms with van der Waals surface area (Å²) >= 11 is 0. The van der Waals surface area contributed by atoms with Crippen LogP contribution in [0.1, 0.15) is 67.3 Å². The minimum Gasteiger partial charge on any atom is -0.360 e. The van der Waals surface area contributed by atoms with E-state index in [-0.39, 0.29) is 18.3 Å². The highest BCUT2D eigenvalue weighted by Gasteiger charge is 2.18. The second kappa shape index (κ2) is 9.85. The van der Waals surface area contributed by atoms with Gasteiger partial charge in [-0.15, -0.1) is 12.4 Å². The van der Waals surface area contributed by atoms with E-state index in [0.717, 1.165) is 6.54 Å². The van der Waals surface area contributed by atoms with Gasteiger partial charge in [0.1, 0.15) is 11.3 Å². The van der Waals surface area contributed by atoms with Gasteiger partial charge in [-0.1, -0.05) is 37.8 Å². The molecule has 6 heteroatoms. The van der Waals surface area contributed by atoms with Gasteiger partial charge in [0.15, 0.2) is 0 Å². The summed E-state index contributed by atoms with van der Waals surface area (Å²) in [7, 11) is 0. The molecule has 1 aliphatic carbocycles. The Morgan fingerprint density at radius 3 is 2.55 bits per heavy atom. The van der Waals surface area contributed by atoms with Crippen LogP contribution in [0.4, 0.5) is 0 Å². The molecule has 2 rings (SSSR count). The average Bonchev–Trinajstić information content (AvgIpc) is 2.69. The van der Waals surface area contributed by atoms with Crippen molar-refractivity contribution in [3.8, 4) is 0 Å². The number of rotatable bonds is 6. The molecule has 5 nitrogen and oxygen atoms in total. The van der Waals surface area contributed by atoms with E-state index in [1.165, 1.54) is 38.5 Å². The number of carbonyl (C=O) groups is 1. The Morgan fingerprint density at radius 2 is 1.91 bits per heavy atom. The van der Waals surface area contributed by atoms with Gasteiger partial charge in [-0.25, -0.2) is 0 Å². The zero-order chi connectivity index (χ0) is 15.1. The normalized spacial score (nSPS) is 15.9. The number of carbonyl (C=O) groups excluding carboxylic acids is 1. The van der Waals surface area contributed by atoms with Gasteiger partial charge in [-0.3, -0.25) is 4.79 Å². The zero-order valence-corrected chi connectivity index (χ0v) is 14.4. The van der Waals surface area contributed by atoms with E-state index in [2.05, 4.69) is 15.8 Å². The van der Waals surface area contributed by atoms with Gasteiger partial charge in [-0.05, 0) is 19.8 Å². The monoisotopic (exact) mass is 329 g/mol. The van der Waals surface area contributed by atoms with Crippen LogP contribution in [-0.4, -0.2) is 30.2 Å². The maximum Gasteiger partial charge on any atom is 0.256 e. The second-order valence-corrected chi connectivity index (χ2v) is 5.82. The van der Waals surface area contributed by atoms with Crippen LogP contribution in [0.5, 0.6) is 0 Å². The molecule has 0 bridgehead atoms. The van der Waals surface area contributed by atoms with Crippen LogP contribution < -0.4 is 10.6 Å². The molecule has 1 aliphatic rings. The number of nitrogens with one attached hydrogen (secondary N) is 2. The molecule has 1 amide bonds. The van der Waals surface area contributed by atoms with Crippen LogP contribution in [0, 0.1) is 6.92 Å². The largest absolute Gasteiger partial charge is 0.360 e. The van der Waals surface area contributed by atoms with Crippen molar-refractivity contribution in [2.75, 3.05) is 13.1 Å². The molecule has 0 aromatic carbocycles. The Labute approximate surface area is 139 Å². The van der Waals surface area contributed by atoms with Crippen molar-refractivity contribution < 1.29 is 9.32 Å². The van der Waals surface area contributed by atoms with Crippen LogP contribution in [0.2, 0.25) is 0 Å². The van der Waals surface area contributed by atoms with Crippen molar-refractivity contribution in [2.45, 2.75) is 64.8 Å². The van der Waals surface area contributed by atoms with E-state index in [1.807, 2.05) is 6.92 Å². The number of amides is 1. The third-order valence-corrected chi connectivity index (χ3v) is 4.18. The Bertz CT molecular complexity index is 454. The molecule has 1 aromatic heterocycles. The molecule has 126 valence electrons. The highest BCUT2D eigenvalue weighted by atomic mass is 35.5. The Kier molecular flexibility index (Phi) is 8.49. The summed E-state index contributed by atoms with van der Waals surface area (Å²) in [5.41, 5.74) is 1.27. The molecule has 22 heavy (non-hydrogen) atoms. The lowest BCUT2D eigenvalue weighted by molar-refractivity contribution is 0.0951. The maximum atomic E-state index is 12.2. The molecule has 1 heterocycles. The average molecular weight is 330 g/mol. The molecule has 0 aliphatic heterocycles. The minimum atomic E-state index is -0.0757. The van der Waals surface area contributed by atoms with Gasteiger partial charge in [0.05, 0.1) is 5.69 Å².